The Balaban J connectivity index is 2.28. The zero-order valence-electron chi connectivity index (χ0n) is 15.2. The van der Waals surface area contributed by atoms with Gasteiger partial charge in [-0.2, -0.15) is 0 Å². The third kappa shape index (κ3) is 3.91. The highest BCUT2D eigenvalue weighted by Gasteiger charge is 2.26. The first-order chi connectivity index (χ1) is 13.0. The molecule has 2 heterocycles. The van der Waals surface area contributed by atoms with Crippen molar-refractivity contribution in [3.63, 3.8) is 0 Å². The van der Waals surface area contributed by atoms with Crippen molar-refractivity contribution in [1.82, 2.24) is 9.55 Å². The van der Waals surface area contributed by atoms with E-state index in [1.165, 1.54) is 25.1 Å². The van der Waals surface area contributed by atoms with E-state index in [1.807, 2.05) is 13.8 Å². The van der Waals surface area contributed by atoms with Crippen molar-refractivity contribution in [2.45, 2.75) is 27.3 Å². The van der Waals surface area contributed by atoms with Crippen LogP contribution in [0.3, 0.4) is 0 Å². The van der Waals surface area contributed by atoms with E-state index in [1.54, 1.807) is 4.57 Å². The van der Waals surface area contributed by atoms with Crippen LogP contribution in [0.2, 0.25) is 0 Å². The van der Waals surface area contributed by atoms with Crippen molar-refractivity contribution in [1.29, 1.82) is 0 Å². The van der Waals surface area contributed by atoms with Crippen LogP contribution in [0.1, 0.15) is 20.8 Å². The lowest BCUT2D eigenvalue weighted by Gasteiger charge is -2.13. The summed E-state index contributed by atoms with van der Waals surface area (Å²) in [6.07, 6.45) is 0. The summed E-state index contributed by atoms with van der Waals surface area (Å²) >= 11 is 3.35. The van der Waals surface area contributed by atoms with Gasteiger partial charge in [0.15, 0.2) is 11.6 Å². The van der Waals surface area contributed by atoms with Gasteiger partial charge in [-0.25, -0.2) is 9.37 Å². The van der Waals surface area contributed by atoms with Crippen LogP contribution in [0.4, 0.5) is 10.1 Å². The van der Waals surface area contributed by atoms with Crippen molar-refractivity contribution in [2.24, 2.45) is 5.92 Å². The van der Waals surface area contributed by atoms with Crippen LogP contribution >= 0.6 is 23.5 Å². The first kappa shape index (κ1) is 20.7. The van der Waals surface area contributed by atoms with Crippen LogP contribution in [0, 0.1) is 11.7 Å². The number of hydrogen-bond donors (Lipinski definition) is 3. The van der Waals surface area contributed by atoms with Crippen molar-refractivity contribution >= 4 is 51.7 Å². The Morgan fingerprint density at radius 3 is 2.64 bits per heavy atom. The Bertz CT molecular complexity index is 1120. The highest BCUT2D eigenvalue weighted by atomic mass is 79.9. The fraction of sp³-hybridized carbons (Fsp3) is 0.294. The number of carbonyl (C=O) groups is 1. The van der Waals surface area contributed by atoms with Crippen molar-refractivity contribution in [2.75, 3.05) is 5.32 Å². The number of rotatable bonds is 5. The summed E-state index contributed by atoms with van der Waals surface area (Å²) in [7, 11) is -4.56. The van der Waals surface area contributed by atoms with Gasteiger partial charge in [0.2, 0.25) is 11.4 Å². The third-order valence-electron chi connectivity index (χ3n) is 3.87. The highest BCUT2D eigenvalue weighted by Crippen LogP contribution is 2.39. The molecule has 1 amide bonds. The molecule has 8 nitrogen and oxygen atoms in total. The fourth-order valence-electron chi connectivity index (χ4n) is 2.84. The van der Waals surface area contributed by atoms with Gasteiger partial charge in [-0.3, -0.25) is 9.36 Å². The van der Waals surface area contributed by atoms with Crippen LogP contribution in [0.5, 0.6) is 0 Å². The summed E-state index contributed by atoms with van der Waals surface area (Å²) in [6, 6.07) is 3.79. The Kier molecular flexibility index (Phi) is 5.51. The Morgan fingerprint density at radius 1 is 1.43 bits per heavy atom. The van der Waals surface area contributed by atoms with Crippen LogP contribution in [0.15, 0.2) is 27.1 Å². The Hall–Kier alpha value is -2.00. The molecule has 150 valence electrons. The van der Waals surface area contributed by atoms with E-state index in [2.05, 4.69) is 26.2 Å². The molecule has 11 heteroatoms. The van der Waals surface area contributed by atoms with Gasteiger partial charge >= 0.3 is 7.60 Å². The summed E-state index contributed by atoms with van der Waals surface area (Å²) in [5, 5.41) is 2.46. The molecule has 3 aromatic rings. The molecular formula is C17H18BrFN3O5P. The number of fused-ring (bicyclic) bond motifs is 1. The minimum atomic E-state index is -4.56. The smallest absolute Gasteiger partial charge is 0.391 e. The molecule has 0 fully saturated rings. The lowest BCUT2D eigenvalue weighted by molar-refractivity contribution is -0.114. The largest absolute Gasteiger partial charge is 0.445 e. The molecule has 0 spiro atoms. The zero-order valence-corrected chi connectivity index (χ0v) is 17.7. The van der Waals surface area contributed by atoms with Crippen molar-refractivity contribution in [3.05, 3.63) is 28.5 Å². The number of imidazole rings is 1. The number of anilines is 1. The van der Waals surface area contributed by atoms with Gasteiger partial charge in [0.1, 0.15) is 5.82 Å². The normalized spacial score (nSPS) is 12.1. The SMILES string of the molecule is CC(=O)Nc1c(F)cc2nc(-c3ccc(P(=O)(O)O)o3)n(CC(C)C)c2c1Br. The van der Waals surface area contributed by atoms with Gasteiger partial charge in [0.05, 0.1) is 21.2 Å². The van der Waals surface area contributed by atoms with Crippen LogP contribution < -0.4 is 10.8 Å². The summed E-state index contributed by atoms with van der Waals surface area (Å²) in [5.41, 5.74) is 0.355. The van der Waals surface area contributed by atoms with Crippen LogP contribution in [-0.4, -0.2) is 25.2 Å². The number of aromatic nitrogens is 2. The first-order valence-corrected chi connectivity index (χ1v) is 10.7. The number of halogens is 2. The summed E-state index contributed by atoms with van der Waals surface area (Å²) in [4.78, 5) is 34.4. The second-order valence-electron chi connectivity index (χ2n) is 6.72. The minimum Gasteiger partial charge on any atom is -0.445 e. The number of furan rings is 1. The number of hydrogen-bond acceptors (Lipinski definition) is 4. The highest BCUT2D eigenvalue weighted by molar-refractivity contribution is 9.10. The molecule has 0 unspecified atom stereocenters. The van der Waals surface area contributed by atoms with Gasteiger partial charge in [-0.05, 0) is 34.0 Å². The van der Waals surface area contributed by atoms with E-state index in [4.69, 9.17) is 4.42 Å². The van der Waals surface area contributed by atoms with E-state index in [0.717, 1.165) is 0 Å². The van der Waals surface area contributed by atoms with Crippen molar-refractivity contribution in [3.8, 4) is 11.6 Å². The monoisotopic (exact) mass is 473 g/mol. The second-order valence-corrected chi connectivity index (χ2v) is 9.04. The Morgan fingerprint density at radius 2 is 2.11 bits per heavy atom. The topological polar surface area (TPSA) is 118 Å². The number of carbonyl (C=O) groups excluding carboxylic acids is 1. The van der Waals surface area contributed by atoms with Gasteiger partial charge in [-0.1, -0.05) is 13.8 Å². The maximum atomic E-state index is 14.5. The number of nitrogens with one attached hydrogen (secondary N) is 1. The third-order valence-corrected chi connectivity index (χ3v) is 5.46. The molecule has 0 aliphatic carbocycles. The fourth-order valence-corrected chi connectivity index (χ4v) is 4.04. The average molecular weight is 474 g/mol. The second kappa shape index (κ2) is 7.44. The van der Waals surface area contributed by atoms with E-state index in [-0.39, 0.29) is 17.4 Å². The molecule has 0 aliphatic rings. The molecule has 28 heavy (non-hydrogen) atoms. The molecule has 2 aromatic heterocycles. The van der Waals surface area contributed by atoms with E-state index >= 15 is 0 Å². The molecule has 0 bridgehead atoms. The van der Waals surface area contributed by atoms with Crippen LogP contribution in [0.25, 0.3) is 22.6 Å². The minimum absolute atomic E-state index is 0.00759. The molecule has 3 rings (SSSR count). The van der Waals surface area contributed by atoms with E-state index < -0.39 is 24.8 Å². The quantitative estimate of drug-likeness (QED) is 0.487. The lowest BCUT2D eigenvalue weighted by Crippen LogP contribution is -2.10. The maximum Gasteiger partial charge on any atom is 0.391 e. The maximum absolute atomic E-state index is 14.5. The molecule has 0 atom stereocenters. The average Bonchev–Trinajstić information content (AvgIpc) is 3.15. The predicted molar refractivity (Wildman–Crippen MR) is 106 cm³/mol. The molecular weight excluding hydrogens is 456 g/mol. The van der Waals surface area contributed by atoms with E-state index in [0.29, 0.717) is 27.9 Å². The van der Waals surface area contributed by atoms with Gasteiger partial charge in [-0.15, -0.1) is 0 Å². The molecule has 0 saturated carbocycles. The van der Waals surface area contributed by atoms with E-state index in [9.17, 15) is 23.5 Å². The van der Waals surface area contributed by atoms with Gasteiger partial charge < -0.3 is 24.1 Å². The molecule has 0 aliphatic heterocycles. The number of benzene rings is 1. The lowest BCUT2D eigenvalue weighted by atomic mass is 10.2. The Labute approximate surface area is 168 Å². The molecule has 3 N–H and O–H groups in total. The number of nitrogens with zero attached hydrogens (tertiary/aromatic N) is 2. The molecule has 1 aromatic carbocycles. The zero-order chi connectivity index (χ0) is 20.8. The summed E-state index contributed by atoms with van der Waals surface area (Å²) in [5.74, 6) is -0.474. The van der Waals surface area contributed by atoms with Crippen LogP contribution in [-0.2, 0) is 15.9 Å². The van der Waals surface area contributed by atoms with Gasteiger partial charge in [0.25, 0.3) is 0 Å². The van der Waals surface area contributed by atoms with Crippen molar-refractivity contribution < 1.29 is 28.0 Å². The first-order valence-electron chi connectivity index (χ1n) is 8.31. The predicted octanol–water partition coefficient (Wildman–Crippen LogP) is 3.62. The van der Waals surface area contributed by atoms with Gasteiger partial charge in [0, 0.05) is 19.5 Å². The summed E-state index contributed by atoms with van der Waals surface area (Å²) in [6.45, 7) is 5.71. The standard InChI is InChI=1S/C17H18BrFN3O5P/c1-8(2)7-22-16-11(6-10(19)15(14(16)18)20-9(3)23)21-17(22)12-4-5-13(27-12)28(24,25)26/h4-6,8H,7H2,1-3H3,(H,20,23)(H2,24,25,26). The molecule has 0 radical (unpaired) electrons. The molecule has 0 saturated heterocycles. The number of amides is 1. The summed E-state index contributed by atoms with van der Waals surface area (Å²) < 4.78 is 33.3.